The van der Waals surface area contributed by atoms with Crippen LogP contribution in [-0.2, 0) is 16.0 Å². The van der Waals surface area contributed by atoms with Crippen LogP contribution in [0.2, 0.25) is 0 Å². The number of piperidine rings is 1. The Morgan fingerprint density at radius 2 is 2.03 bits per heavy atom. The molecule has 4 rings (SSSR count). The van der Waals surface area contributed by atoms with Crippen molar-refractivity contribution < 1.29 is 9.47 Å². The van der Waals surface area contributed by atoms with Crippen LogP contribution in [0, 0.1) is 0 Å². The Hall–Kier alpha value is -1.23. The molecule has 1 N–H and O–H groups in total. The van der Waals surface area contributed by atoms with E-state index < -0.39 is 0 Å². The highest BCUT2D eigenvalue weighted by molar-refractivity contribution is 14.0. The zero-order chi connectivity index (χ0) is 21.3. The van der Waals surface area contributed by atoms with Gasteiger partial charge < -0.3 is 19.7 Å². The molecule has 176 valence electrons. The summed E-state index contributed by atoms with van der Waals surface area (Å²) in [6.45, 7) is 7.14. The van der Waals surface area contributed by atoms with E-state index in [-0.39, 0.29) is 24.0 Å². The number of hydrogen-bond donors (Lipinski definition) is 1. The van der Waals surface area contributed by atoms with Crippen molar-refractivity contribution in [3.05, 3.63) is 41.4 Å². The lowest BCUT2D eigenvalue weighted by Crippen LogP contribution is -2.47. The average molecular weight is 571 g/mol. The van der Waals surface area contributed by atoms with Gasteiger partial charge in [0, 0.05) is 37.2 Å². The second-order valence-corrected chi connectivity index (χ2v) is 9.05. The first kappa shape index (κ1) is 25.4. The van der Waals surface area contributed by atoms with Crippen LogP contribution in [0.4, 0.5) is 0 Å². The van der Waals surface area contributed by atoms with E-state index in [1.54, 1.807) is 11.3 Å². The van der Waals surface area contributed by atoms with Gasteiger partial charge in [-0.25, -0.2) is 9.98 Å². The fraction of sp³-hybridized carbons (Fsp3) is 0.583. The lowest BCUT2D eigenvalue weighted by atomic mass is 10.1. The fourth-order valence-corrected chi connectivity index (χ4v) is 4.91. The maximum absolute atomic E-state index is 6.16. The average Bonchev–Trinajstić information content (AvgIpc) is 3.31. The maximum Gasteiger partial charge on any atom is 0.194 e. The molecule has 6 nitrogen and oxygen atoms in total. The van der Waals surface area contributed by atoms with Gasteiger partial charge in [0.1, 0.15) is 5.01 Å². The van der Waals surface area contributed by atoms with Crippen LogP contribution in [0.3, 0.4) is 0 Å². The fourth-order valence-electron chi connectivity index (χ4n) is 4.09. The molecule has 0 aliphatic carbocycles. The minimum atomic E-state index is 0. The number of guanidine groups is 1. The highest BCUT2D eigenvalue weighted by atomic mass is 127. The van der Waals surface area contributed by atoms with Gasteiger partial charge in [-0.2, -0.15) is 0 Å². The number of ether oxygens (including phenoxy) is 2. The van der Waals surface area contributed by atoms with Crippen molar-refractivity contribution in [1.29, 1.82) is 0 Å². The van der Waals surface area contributed by atoms with Gasteiger partial charge in [-0.15, -0.1) is 35.3 Å². The number of rotatable bonds is 7. The quantitative estimate of drug-likeness (QED) is 0.290. The number of thiazole rings is 1. The Balaban J connectivity index is 0.00000289. The Morgan fingerprint density at radius 3 is 2.75 bits per heavy atom. The van der Waals surface area contributed by atoms with Crippen LogP contribution in [0.25, 0.3) is 10.6 Å². The molecule has 1 atom stereocenters. The second-order valence-electron chi connectivity index (χ2n) is 8.19. The summed E-state index contributed by atoms with van der Waals surface area (Å²) < 4.78 is 12.0. The number of aromatic nitrogens is 1. The van der Waals surface area contributed by atoms with E-state index in [4.69, 9.17) is 19.5 Å². The van der Waals surface area contributed by atoms with Gasteiger partial charge in [0.05, 0.1) is 31.1 Å². The van der Waals surface area contributed by atoms with E-state index in [0.29, 0.717) is 18.8 Å². The molecule has 0 amide bonds. The largest absolute Gasteiger partial charge is 0.376 e. The summed E-state index contributed by atoms with van der Waals surface area (Å²) in [5, 5.41) is 6.62. The number of nitrogens with one attached hydrogen (secondary N) is 1. The Morgan fingerprint density at radius 1 is 1.22 bits per heavy atom. The number of benzene rings is 1. The minimum absolute atomic E-state index is 0. The Kier molecular flexibility index (Phi) is 10.7. The number of hydrogen-bond acceptors (Lipinski definition) is 5. The summed E-state index contributed by atoms with van der Waals surface area (Å²) in [5.74, 6) is 0.978. The van der Waals surface area contributed by atoms with Gasteiger partial charge in [-0.1, -0.05) is 30.3 Å². The molecule has 1 unspecified atom stereocenters. The van der Waals surface area contributed by atoms with Crippen molar-refractivity contribution in [3.63, 3.8) is 0 Å². The van der Waals surface area contributed by atoms with Crippen molar-refractivity contribution in [2.45, 2.75) is 57.8 Å². The molecule has 32 heavy (non-hydrogen) atoms. The van der Waals surface area contributed by atoms with E-state index >= 15 is 0 Å². The molecule has 0 radical (unpaired) electrons. The summed E-state index contributed by atoms with van der Waals surface area (Å²) in [5.41, 5.74) is 2.18. The molecule has 1 aromatic carbocycles. The molecule has 0 spiro atoms. The van der Waals surface area contributed by atoms with Gasteiger partial charge in [0.25, 0.3) is 0 Å². The van der Waals surface area contributed by atoms with Crippen LogP contribution in [0.1, 0.15) is 44.7 Å². The Labute approximate surface area is 212 Å². The SMILES string of the molecule is CCNC(=NCc1csc(-c2ccccc2)n1)N1CCC(OCC2CCCCO2)CC1.I. The van der Waals surface area contributed by atoms with Crippen LogP contribution in [0.15, 0.2) is 40.7 Å². The maximum atomic E-state index is 6.16. The third kappa shape index (κ3) is 7.40. The smallest absolute Gasteiger partial charge is 0.194 e. The van der Waals surface area contributed by atoms with Crippen molar-refractivity contribution >= 4 is 41.3 Å². The number of aliphatic imine (C=N–C) groups is 1. The highest BCUT2D eigenvalue weighted by Crippen LogP contribution is 2.24. The van der Waals surface area contributed by atoms with Gasteiger partial charge in [-0.05, 0) is 39.0 Å². The normalized spacial score (nSPS) is 20.1. The summed E-state index contributed by atoms with van der Waals surface area (Å²) >= 11 is 1.68. The van der Waals surface area contributed by atoms with Crippen LogP contribution in [-0.4, -0.2) is 60.9 Å². The first-order chi connectivity index (χ1) is 15.3. The van der Waals surface area contributed by atoms with E-state index in [0.717, 1.165) is 74.3 Å². The lowest BCUT2D eigenvalue weighted by Gasteiger charge is -2.35. The number of nitrogens with zero attached hydrogens (tertiary/aromatic N) is 3. The number of likely N-dealkylation sites (tertiary alicyclic amines) is 1. The molecule has 2 aliphatic heterocycles. The molecular weight excluding hydrogens is 535 g/mol. The van der Waals surface area contributed by atoms with Gasteiger partial charge >= 0.3 is 0 Å². The standard InChI is InChI=1S/C24H34N4O2S.HI/c1-2-25-24(26-16-20-18-31-23(27-20)19-8-4-3-5-9-19)28-13-11-21(12-14-28)30-17-22-10-6-7-15-29-22;/h3-5,8-9,18,21-22H,2,6-7,10-17H2,1H3,(H,25,26);1H. The van der Waals surface area contributed by atoms with Gasteiger partial charge in [0.2, 0.25) is 0 Å². The summed E-state index contributed by atoms with van der Waals surface area (Å²) in [6.07, 6.45) is 6.29. The predicted octanol–water partition coefficient (Wildman–Crippen LogP) is 4.94. The zero-order valence-corrected chi connectivity index (χ0v) is 22.0. The third-order valence-corrected chi connectivity index (χ3v) is 6.77. The molecule has 2 aromatic rings. The minimum Gasteiger partial charge on any atom is -0.376 e. The number of halogens is 1. The zero-order valence-electron chi connectivity index (χ0n) is 18.9. The third-order valence-electron chi connectivity index (χ3n) is 5.83. The van der Waals surface area contributed by atoms with E-state index in [1.165, 1.54) is 12.8 Å². The molecule has 3 heterocycles. The molecule has 2 fully saturated rings. The van der Waals surface area contributed by atoms with Crippen molar-refractivity contribution in [1.82, 2.24) is 15.2 Å². The van der Waals surface area contributed by atoms with E-state index in [9.17, 15) is 0 Å². The predicted molar refractivity (Wildman–Crippen MR) is 142 cm³/mol. The van der Waals surface area contributed by atoms with Gasteiger partial charge in [-0.3, -0.25) is 0 Å². The topological polar surface area (TPSA) is 59.0 Å². The van der Waals surface area contributed by atoms with Crippen molar-refractivity contribution in [3.8, 4) is 10.6 Å². The molecule has 0 bridgehead atoms. The Bertz CT molecular complexity index is 818. The van der Waals surface area contributed by atoms with E-state index in [1.807, 2.05) is 18.2 Å². The molecule has 0 saturated carbocycles. The van der Waals surface area contributed by atoms with E-state index in [2.05, 4.69) is 34.7 Å². The summed E-state index contributed by atoms with van der Waals surface area (Å²) in [6, 6.07) is 10.3. The molecular formula is C24H35IN4O2S. The monoisotopic (exact) mass is 570 g/mol. The van der Waals surface area contributed by atoms with Crippen molar-refractivity contribution in [2.75, 3.05) is 32.8 Å². The lowest BCUT2D eigenvalue weighted by molar-refractivity contribution is -0.0721. The second kappa shape index (κ2) is 13.5. The summed E-state index contributed by atoms with van der Waals surface area (Å²) in [4.78, 5) is 12.0. The first-order valence-electron chi connectivity index (χ1n) is 11.6. The first-order valence-corrected chi connectivity index (χ1v) is 12.5. The molecule has 2 aliphatic rings. The van der Waals surface area contributed by atoms with Crippen LogP contribution >= 0.6 is 35.3 Å². The molecule has 2 saturated heterocycles. The van der Waals surface area contributed by atoms with Gasteiger partial charge in [0.15, 0.2) is 5.96 Å². The van der Waals surface area contributed by atoms with Crippen molar-refractivity contribution in [2.24, 2.45) is 4.99 Å². The highest BCUT2D eigenvalue weighted by Gasteiger charge is 2.23. The van der Waals surface area contributed by atoms with Crippen LogP contribution < -0.4 is 5.32 Å². The molecule has 1 aromatic heterocycles. The summed E-state index contributed by atoms with van der Waals surface area (Å²) in [7, 11) is 0. The molecule has 8 heteroatoms. The van der Waals surface area contributed by atoms with Crippen LogP contribution in [0.5, 0.6) is 0 Å².